The van der Waals surface area contributed by atoms with Gasteiger partial charge in [-0.3, -0.25) is 14.8 Å². The monoisotopic (exact) mass is 432 g/mol. The van der Waals surface area contributed by atoms with Crippen LogP contribution in [0.15, 0.2) is 54.7 Å². The van der Waals surface area contributed by atoms with Crippen LogP contribution in [0.1, 0.15) is 25.3 Å². The van der Waals surface area contributed by atoms with Gasteiger partial charge in [0.05, 0.1) is 5.69 Å². The largest absolute Gasteiger partial charge is 0.488 e. The smallest absolute Gasteiger partial charge is 0.217 e. The van der Waals surface area contributed by atoms with Crippen LogP contribution in [-0.4, -0.2) is 52.8 Å². The maximum atomic E-state index is 11.2. The highest BCUT2D eigenvalue weighted by molar-refractivity contribution is 5.73. The quantitative estimate of drug-likeness (QED) is 0.620. The highest BCUT2D eigenvalue weighted by Gasteiger charge is 2.28. The van der Waals surface area contributed by atoms with E-state index in [-0.39, 0.29) is 12.0 Å². The number of H-pyrrole nitrogens is 1. The van der Waals surface area contributed by atoms with Crippen molar-refractivity contribution in [2.75, 3.05) is 19.6 Å². The molecule has 7 heteroatoms. The molecule has 3 aromatic rings. The zero-order chi connectivity index (χ0) is 21.9. The number of aromatic nitrogens is 2. The van der Waals surface area contributed by atoms with E-state index in [0.717, 1.165) is 67.4 Å². The summed E-state index contributed by atoms with van der Waals surface area (Å²) in [6.07, 6.45) is 4.81. The molecule has 1 amide bonds. The SMILES string of the molecule is CC(=O)NC1CCN(CC2Cc3ccc(Oc4ccc(-c5ccn[nH]5)cc4)cc3O2)CC1. The maximum Gasteiger partial charge on any atom is 0.217 e. The van der Waals surface area contributed by atoms with Crippen molar-refractivity contribution in [1.82, 2.24) is 20.4 Å². The van der Waals surface area contributed by atoms with Gasteiger partial charge in [-0.05, 0) is 60.4 Å². The molecule has 0 radical (unpaired) electrons. The molecule has 1 aromatic heterocycles. The summed E-state index contributed by atoms with van der Waals surface area (Å²) in [6, 6.07) is 16.3. The number of rotatable bonds is 6. The van der Waals surface area contributed by atoms with Crippen molar-refractivity contribution >= 4 is 5.91 Å². The zero-order valence-corrected chi connectivity index (χ0v) is 18.2. The van der Waals surface area contributed by atoms with Gasteiger partial charge < -0.3 is 14.8 Å². The number of amides is 1. The van der Waals surface area contributed by atoms with Crippen molar-refractivity contribution in [3.8, 4) is 28.5 Å². The van der Waals surface area contributed by atoms with Crippen molar-refractivity contribution in [3.05, 3.63) is 60.3 Å². The molecule has 166 valence electrons. The number of piperidine rings is 1. The lowest BCUT2D eigenvalue weighted by molar-refractivity contribution is -0.120. The first-order chi connectivity index (χ1) is 15.6. The Labute approximate surface area is 187 Å². The van der Waals surface area contributed by atoms with Crippen LogP contribution in [-0.2, 0) is 11.2 Å². The van der Waals surface area contributed by atoms with Gasteiger partial charge >= 0.3 is 0 Å². The second kappa shape index (κ2) is 9.04. The van der Waals surface area contributed by atoms with Gasteiger partial charge in [0.15, 0.2) is 0 Å². The zero-order valence-electron chi connectivity index (χ0n) is 18.2. The Kier molecular flexibility index (Phi) is 5.81. The van der Waals surface area contributed by atoms with Crippen LogP contribution in [0.3, 0.4) is 0 Å². The predicted molar refractivity (Wildman–Crippen MR) is 122 cm³/mol. The third-order valence-corrected chi connectivity index (χ3v) is 6.14. The minimum atomic E-state index is 0.0600. The number of hydrogen-bond donors (Lipinski definition) is 2. The second-order valence-corrected chi connectivity index (χ2v) is 8.59. The molecule has 1 unspecified atom stereocenters. The summed E-state index contributed by atoms with van der Waals surface area (Å²) < 4.78 is 12.3. The van der Waals surface area contributed by atoms with Crippen molar-refractivity contribution in [1.29, 1.82) is 0 Å². The maximum absolute atomic E-state index is 11.2. The molecule has 2 aliphatic rings. The summed E-state index contributed by atoms with van der Waals surface area (Å²) in [5, 5.41) is 9.99. The number of ether oxygens (including phenoxy) is 2. The fourth-order valence-corrected chi connectivity index (χ4v) is 4.54. The van der Waals surface area contributed by atoms with Crippen molar-refractivity contribution < 1.29 is 14.3 Å². The van der Waals surface area contributed by atoms with E-state index in [1.807, 2.05) is 42.5 Å². The van der Waals surface area contributed by atoms with E-state index in [2.05, 4.69) is 26.5 Å². The predicted octanol–water partition coefficient (Wildman–Crippen LogP) is 3.77. The van der Waals surface area contributed by atoms with E-state index < -0.39 is 0 Å². The Hall–Kier alpha value is -3.32. The normalized spacial score (nSPS) is 18.7. The van der Waals surface area contributed by atoms with Gasteiger partial charge in [-0.15, -0.1) is 0 Å². The summed E-state index contributed by atoms with van der Waals surface area (Å²) in [5.41, 5.74) is 3.27. The molecule has 2 aromatic carbocycles. The fourth-order valence-electron chi connectivity index (χ4n) is 4.54. The molecule has 1 atom stereocenters. The Morgan fingerprint density at radius 1 is 1.16 bits per heavy atom. The minimum absolute atomic E-state index is 0.0600. The number of benzene rings is 2. The molecule has 1 saturated heterocycles. The van der Waals surface area contributed by atoms with Gasteiger partial charge in [0.1, 0.15) is 23.4 Å². The minimum Gasteiger partial charge on any atom is -0.488 e. The molecule has 0 bridgehead atoms. The third-order valence-electron chi connectivity index (χ3n) is 6.14. The molecule has 0 saturated carbocycles. The number of nitrogens with zero attached hydrogens (tertiary/aromatic N) is 2. The van der Waals surface area contributed by atoms with Crippen LogP contribution >= 0.6 is 0 Å². The molecule has 7 nitrogen and oxygen atoms in total. The molecular formula is C25H28N4O3. The number of carbonyl (C=O) groups is 1. The number of aromatic amines is 1. The summed E-state index contributed by atoms with van der Waals surface area (Å²) in [5.74, 6) is 2.53. The van der Waals surface area contributed by atoms with Crippen molar-refractivity contribution in [2.45, 2.75) is 38.3 Å². The van der Waals surface area contributed by atoms with Crippen LogP contribution in [0.25, 0.3) is 11.3 Å². The Morgan fingerprint density at radius 3 is 2.66 bits per heavy atom. The molecule has 2 aliphatic heterocycles. The van der Waals surface area contributed by atoms with Crippen molar-refractivity contribution in [2.24, 2.45) is 0 Å². The molecule has 1 fully saturated rings. The second-order valence-electron chi connectivity index (χ2n) is 8.59. The highest BCUT2D eigenvalue weighted by Crippen LogP contribution is 2.35. The molecule has 32 heavy (non-hydrogen) atoms. The van der Waals surface area contributed by atoms with Gasteiger partial charge in [0.2, 0.25) is 5.91 Å². The number of likely N-dealkylation sites (tertiary alicyclic amines) is 1. The summed E-state index contributed by atoms with van der Waals surface area (Å²) in [6.45, 7) is 4.48. The van der Waals surface area contributed by atoms with E-state index >= 15 is 0 Å². The van der Waals surface area contributed by atoms with E-state index in [1.165, 1.54) is 5.56 Å². The Balaban J connectivity index is 1.15. The van der Waals surface area contributed by atoms with E-state index in [4.69, 9.17) is 9.47 Å². The lowest BCUT2D eigenvalue weighted by Gasteiger charge is -2.33. The van der Waals surface area contributed by atoms with Gasteiger partial charge in [-0.1, -0.05) is 6.07 Å². The third kappa shape index (κ3) is 4.78. The fraction of sp³-hybridized carbons (Fsp3) is 0.360. The van der Waals surface area contributed by atoms with Crippen LogP contribution in [0.5, 0.6) is 17.2 Å². The van der Waals surface area contributed by atoms with Crippen LogP contribution in [0, 0.1) is 0 Å². The lowest BCUT2D eigenvalue weighted by Crippen LogP contribution is -2.46. The number of fused-ring (bicyclic) bond motifs is 1. The first-order valence-electron chi connectivity index (χ1n) is 11.2. The van der Waals surface area contributed by atoms with Gasteiger partial charge in [-0.25, -0.2) is 0 Å². The molecule has 0 aliphatic carbocycles. The van der Waals surface area contributed by atoms with Crippen LogP contribution in [0.2, 0.25) is 0 Å². The van der Waals surface area contributed by atoms with E-state index in [0.29, 0.717) is 6.04 Å². The summed E-state index contributed by atoms with van der Waals surface area (Å²) >= 11 is 0. The average Bonchev–Trinajstić information content (AvgIpc) is 3.45. The van der Waals surface area contributed by atoms with Crippen molar-refractivity contribution in [3.63, 3.8) is 0 Å². The van der Waals surface area contributed by atoms with Gasteiger partial charge in [0, 0.05) is 51.3 Å². The number of carbonyl (C=O) groups excluding carboxylic acids is 1. The van der Waals surface area contributed by atoms with Gasteiger partial charge in [-0.2, -0.15) is 5.10 Å². The van der Waals surface area contributed by atoms with Gasteiger partial charge in [0.25, 0.3) is 0 Å². The highest BCUT2D eigenvalue weighted by atomic mass is 16.5. The standard InChI is InChI=1S/C25H28N4O3/c1-17(30)27-20-9-12-29(13-10-20)16-23-14-19-4-7-22(15-25(19)32-23)31-21-5-2-18(3-6-21)24-8-11-26-28-24/h2-8,11,15,20,23H,9-10,12-14,16H2,1H3,(H,26,28)(H,27,30). The van der Waals surface area contributed by atoms with Crippen LogP contribution < -0.4 is 14.8 Å². The van der Waals surface area contributed by atoms with Crippen LogP contribution in [0.4, 0.5) is 0 Å². The van der Waals surface area contributed by atoms with E-state index in [1.54, 1.807) is 13.1 Å². The molecule has 5 rings (SSSR count). The Morgan fingerprint density at radius 2 is 1.94 bits per heavy atom. The summed E-state index contributed by atoms with van der Waals surface area (Å²) in [7, 11) is 0. The number of nitrogens with one attached hydrogen (secondary N) is 2. The molecule has 2 N–H and O–H groups in total. The lowest BCUT2D eigenvalue weighted by atomic mass is 10.0. The van der Waals surface area contributed by atoms with E-state index in [9.17, 15) is 4.79 Å². The molecule has 0 spiro atoms. The molecule has 3 heterocycles. The topological polar surface area (TPSA) is 79.5 Å². The number of hydrogen-bond acceptors (Lipinski definition) is 5. The molecular weight excluding hydrogens is 404 g/mol. The first-order valence-corrected chi connectivity index (χ1v) is 11.2. The summed E-state index contributed by atoms with van der Waals surface area (Å²) in [4.78, 5) is 13.7. The first kappa shape index (κ1) is 20.6. The average molecular weight is 433 g/mol. The Bertz CT molecular complexity index is 1060.